The molecule has 3 N–H and O–H groups in total. The SMILES string of the molecule is N#Cc1ccsc1NC(=O)CNC(C(=O)Nc1ccccc1)c1ccccc1. The lowest BCUT2D eigenvalue weighted by Crippen LogP contribution is -2.37. The molecule has 0 spiro atoms. The average molecular weight is 390 g/mol. The molecule has 1 aromatic heterocycles. The summed E-state index contributed by atoms with van der Waals surface area (Å²) in [6.07, 6.45) is 0. The lowest BCUT2D eigenvalue weighted by Gasteiger charge is -2.19. The molecule has 7 heteroatoms. The van der Waals surface area contributed by atoms with E-state index in [9.17, 15) is 9.59 Å². The number of benzene rings is 2. The molecule has 0 aliphatic rings. The molecule has 0 radical (unpaired) electrons. The fraction of sp³-hybridized carbons (Fsp3) is 0.0952. The van der Waals surface area contributed by atoms with E-state index in [0.717, 1.165) is 5.56 Å². The van der Waals surface area contributed by atoms with Crippen molar-refractivity contribution < 1.29 is 9.59 Å². The van der Waals surface area contributed by atoms with Gasteiger partial charge in [-0.1, -0.05) is 48.5 Å². The van der Waals surface area contributed by atoms with E-state index >= 15 is 0 Å². The van der Waals surface area contributed by atoms with Crippen molar-refractivity contribution in [2.45, 2.75) is 6.04 Å². The van der Waals surface area contributed by atoms with Crippen molar-refractivity contribution in [1.29, 1.82) is 5.26 Å². The standard InChI is InChI=1S/C21H18N4O2S/c22-13-16-11-12-28-21(16)25-18(26)14-23-19(15-7-3-1-4-8-15)20(27)24-17-9-5-2-6-10-17/h1-12,19,23H,14H2,(H,24,27)(H,25,26). The van der Waals surface area contributed by atoms with E-state index in [-0.39, 0.29) is 18.4 Å². The minimum Gasteiger partial charge on any atom is -0.324 e. The quantitative estimate of drug-likeness (QED) is 0.575. The maximum atomic E-state index is 12.8. The topological polar surface area (TPSA) is 94.0 Å². The molecule has 0 fully saturated rings. The van der Waals surface area contributed by atoms with Gasteiger partial charge < -0.3 is 10.6 Å². The maximum Gasteiger partial charge on any atom is 0.246 e. The number of para-hydroxylation sites is 1. The lowest BCUT2D eigenvalue weighted by atomic mass is 10.1. The van der Waals surface area contributed by atoms with Crippen LogP contribution in [0.2, 0.25) is 0 Å². The Hall–Kier alpha value is -3.47. The number of hydrogen-bond acceptors (Lipinski definition) is 5. The van der Waals surface area contributed by atoms with Crippen LogP contribution in [-0.4, -0.2) is 18.4 Å². The Morgan fingerprint density at radius 3 is 2.32 bits per heavy atom. The van der Waals surface area contributed by atoms with Gasteiger partial charge in [-0.25, -0.2) is 0 Å². The lowest BCUT2D eigenvalue weighted by molar-refractivity contribution is -0.119. The van der Waals surface area contributed by atoms with Crippen LogP contribution in [0.15, 0.2) is 72.1 Å². The van der Waals surface area contributed by atoms with Crippen molar-refractivity contribution in [1.82, 2.24) is 5.32 Å². The Labute approximate surface area is 166 Å². The first-order valence-corrected chi connectivity index (χ1v) is 9.47. The molecule has 0 aliphatic heterocycles. The number of carbonyl (C=O) groups is 2. The van der Waals surface area contributed by atoms with Crippen LogP contribution in [-0.2, 0) is 9.59 Å². The fourth-order valence-corrected chi connectivity index (χ4v) is 3.36. The van der Waals surface area contributed by atoms with Crippen LogP contribution >= 0.6 is 11.3 Å². The van der Waals surface area contributed by atoms with Gasteiger partial charge in [0.1, 0.15) is 17.1 Å². The summed E-state index contributed by atoms with van der Waals surface area (Å²) >= 11 is 1.28. The molecule has 6 nitrogen and oxygen atoms in total. The van der Waals surface area contributed by atoms with Crippen molar-refractivity contribution in [2.75, 3.05) is 17.2 Å². The molecule has 0 saturated carbocycles. The number of thiophene rings is 1. The second-order valence-corrected chi connectivity index (χ2v) is 6.82. The monoisotopic (exact) mass is 390 g/mol. The number of anilines is 2. The summed E-state index contributed by atoms with van der Waals surface area (Å²) in [6.45, 7) is -0.0788. The Morgan fingerprint density at radius 1 is 0.964 bits per heavy atom. The van der Waals surface area contributed by atoms with E-state index in [1.54, 1.807) is 23.6 Å². The van der Waals surface area contributed by atoms with E-state index in [1.165, 1.54) is 11.3 Å². The van der Waals surface area contributed by atoms with Gasteiger partial charge in [-0.15, -0.1) is 11.3 Å². The van der Waals surface area contributed by atoms with Crippen molar-refractivity contribution in [3.8, 4) is 6.07 Å². The van der Waals surface area contributed by atoms with Crippen LogP contribution < -0.4 is 16.0 Å². The van der Waals surface area contributed by atoms with Crippen LogP contribution in [0.3, 0.4) is 0 Å². The van der Waals surface area contributed by atoms with Crippen molar-refractivity contribution in [2.24, 2.45) is 0 Å². The molecule has 3 aromatic rings. The molecular formula is C21H18N4O2S. The summed E-state index contributed by atoms with van der Waals surface area (Å²) in [7, 11) is 0. The third-order valence-electron chi connectivity index (χ3n) is 3.94. The number of nitrogens with zero attached hydrogens (tertiary/aromatic N) is 1. The van der Waals surface area contributed by atoms with Gasteiger partial charge in [0.25, 0.3) is 0 Å². The largest absolute Gasteiger partial charge is 0.324 e. The Kier molecular flexibility index (Phi) is 6.52. The third kappa shape index (κ3) is 5.04. The predicted octanol–water partition coefficient (Wildman–Crippen LogP) is 3.53. The molecule has 1 unspecified atom stereocenters. The van der Waals surface area contributed by atoms with Gasteiger partial charge in [0.2, 0.25) is 11.8 Å². The minimum atomic E-state index is -0.703. The number of nitriles is 1. The molecule has 3 rings (SSSR count). The summed E-state index contributed by atoms with van der Waals surface area (Å²) in [4.78, 5) is 25.1. The molecule has 1 heterocycles. The number of carbonyl (C=O) groups excluding carboxylic acids is 2. The minimum absolute atomic E-state index is 0.0788. The molecule has 1 atom stereocenters. The predicted molar refractivity (Wildman–Crippen MR) is 110 cm³/mol. The average Bonchev–Trinajstić information content (AvgIpc) is 3.16. The van der Waals surface area contributed by atoms with Crippen LogP contribution in [0, 0.1) is 11.3 Å². The van der Waals surface area contributed by atoms with Gasteiger partial charge in [-0.05, 0) is 29.1 Å². The van der Waals surface area contributed by atoms with Crippen LogP contribution in [0.1, 0.15) is 17.2 Å². The summed E-state index contributed by atoms with van der Waals surface area (Å²) in [5.74, 6) is -0.591. The van der Waals surface area contributed by atoms with E-state index < -0.39 is 6.04 Å². The van der Waals surface area contributed by atoms with Crippen molar-refractivity contribution in [3.05, 3.63) is 83.2 Å². The second kappa shape index (κ2) is 9.46. The normalized spacial score (nSPS) is 11.2. The van der Waals surface area contributed by atoms with Gasteiger partial charge in [-0.3, -0.25) is 14.9 Å². The van der Waals surface area contributed by atoms with E-state index in [0.29, 0.717) is 16.3 Å². The highest BCUT2D eigenvalue weighted by molar-refractivity contribution is 7.14. The highest BCUT2D eigenvalue weighted by Gasteiger charge is 2.21. The van der Waals surface area contributed by atoms with Gasteiger partial charge in [-0.2, -0.15) is 5.26 Å². The van der Waals surface area contributed by atoms with Crippen molar-refractivity contribution >= 4 is 33.8 Å². The summed E-state index contributed by atoms with van der Waals surface area (Å²) in [6, 6.07) is 21.3. The molecule has 0 aliphatic carbocycles. The number of rotatable bonds is 7. The molecule has 2 aromatic carbocycles. The Morgan fingerprint density at radius 2 is 1.64 bits per heavy atom. The van der Waals surface area contributed by atoms with Crippen LogP contribution in [0.25, 0.3) is 0 Å². The summed E-state index contributed by atoms with van der Waals surface area (Å²) in [5.41, 5.74) is 1.84. The third-order valence-corrected chi connectivity index (χ3v) is 4.77. The van der Waals surface area contributed by atoms with Crippen LogP contribution in [0.5, 0.6) is 0 Å². The zero-order valence-corrected chi connectivity index (χ0v) is 15.7. The van der Waals surface area contributed by atoms with Crippen LogP contribution in [0.4, 0.5) is 10.7 Å². The Balaban J connectivity index is 1.68. The number of amides is 2. The molecular weight excluding hydrogens is 372 g/mol. The first-order valence-electron chi connectivity index (χ1n) is 8.59. The second-order valence-electron chi connectivity index (χ2n) is 5.90. The summed E-state index contributed by atoms with van der Waals surface area (Å²) in [5, 5.41) is 19.8. The Bertz CT molecular complexity index is 980. The highest BCUT2D eigenvalue weighted by Crippen LogP contribution is 2.22. The number of nitrogens with one attached hydrogen (secondary N) is 3. The number of hydrogen-bond donors (Lipinski definition) is 3. The van der Waals surface area contributed by atoms with E-state index in [4.69, 9.17) is 5.26 Å². The maximum absolute atomic E-state index is 12.8. The molecule has 140 valence electrons. The fourth-order valence-electron chi connectivity index (χ4n) is 2.60. The van der Waals surface area contributed by atoms with Gasteiger partial charge in [0.15, 0.2) is 0 Å². The van der Waals surface area contributed by atoms with Gasteiger partial charge in [0, 0.05) is 5.69 Å². The van der Waals surface area contributed by atoms with Gasteiger partial charge in [0.05, 0.1) is 12.1 Å². The molecule has 0 bridgehead atoms. The zero-order chi connectivity index (χ0) is 19.8. The first kappa shape index (κ1) is 19.3. The van der Waals surface area contributed by atoms with Gasteiger partial charge >= 0.3 is 0 Å². The van der Waals surface area contributed by atoms with Crippen molar-refractivity contribution in [3.63, 3.8) is 0 Å². The van der Waals surface area contributed by atoms with E-state index in [1.807, 2.05) is 54.6 Å². The molecule has 2 amide bonds. The zero-order valence-electron chi connectivity index (χ0n) is 14.9. The van der Waals surface area contributed by atoms with E-state index in [2.05, 4.69) is 16.0 Å². The molecule has 0 saturated heterocycles. The smallest absolute Gasteiger partial charge is 0.246 e. The molecule has 28 heavy (non-hydrogen) atoms. The highest BCUT2D eigenvalue weighted by atomic mass is 32.1. The summed E-state index contributed by atoms with van der Waals surface area (Å²) < 4.78 is 0. The first-order chi connectivity index (χ1) is 13.7.